The van der Waals surface area contributed by atoms with Crippen molar-refractivity contribution in [2.45, 2.75) is 85.5 Å². The van der Waals surface area contributed by atoms with Gasteiger partial charge in [0.25, 0.3) is 0 Å². The van der Waals surface area contributed by atoms with Crippen LogP contribution >= 0.6 is 0 Å². The van der Waals surface area contributed by atoms with Gasteiger partial charge in [0.15, 0.2) is 0 Å². The number of hydrogen-bond acceptors (Lipinski definition) is 0. The van der Waals surface area contributed by atoms with Crippen LogP contribution in [0, 0.1) is 5.92 Å². The van der Waals surface area contributed by atoms with E-state index in [4.69, 9.17) is 6.58 Å². The Balaban J connectivity index is 1.43. The van der Waals surface area contributed by atoms with Crippen molar-refractivity contribution in [1.29, 1.82) is 0 Å². The Kier molecular flexibility index (Phi) is 9.90. The van der Waals surface area contributed by atoms with Crippen molar-refractivity contribution in [1.82, 2.24) is 0 Å². The van der Waals surface area contributed by atoms with Gasteiger partial charge in [-0.15, -0.1) is 0 Å². The highest BCUT2D eigenvalue weighted by atomic mass is 14.4. The zero-order valence-corrected chi connectivity index (χ0v) is 27.7. The van der Waals surface area contributed by atoms with E-state index in [0.29, 0.717) is 0 Å². The highest BCUT2D eigenvalue weighted by Gasteiger charge is 2.41. The molecule has 0 aromatic heterocycles. The summed E-state index contributed by atoms with van der Waals surface area (Å²) < 4.78 is 0. The van der Waals surface area contributed by atoms with Crippen LogP contribution in [0.25, 0.3) is 11.6 Å². The molecule has 226 valence electrons. The molecule has 0 bridgehead atoms. The molecule has 5 rings (SSSR count). The summed E-state index contributed by atoms with van der Waals surface area (Å²) in [5.74, 6) is 0.558. The van der Waals surface area contributed by atoms with Gasteiger partial charge >= 0.3 is 0 Å². The fourth-order valence-electron chi connectivity index (χ4n) is 7.43. The largest absolute Gasteiger partial charge is 0.0955 e. The lowest BCUT2D eigenvalue weighted by Crippen LogP contribution is -2.21. The molecule has 0 spiro atoms. The fourth-order valence-corrected chi connectivity index (χ4v) is 7.43. The Morgan fingerprint density at radius 2 is 1.57 bits per heavy atom. The molecule has 0 nitrogen and oxygen atoms in total. The second-order valence-corrected chi connectivity index (χ2v) is 13.0. The van der Waals surface area contributed by atoms with Crippen LogP contribution in [0.4, 0.5) is 0 Å². The topological polar surface area (TPSA) is 0 Å². The summed E-state index contributed by atoms with van der Waals surface area (Å²) in [6.07, 6.45) is 12.2. The predicted octanol–water partition coefficient (Wildman–Crippen LogP) is 12.0. The van der Waals surface area contributed by atoms with Crippen LogP contribution in [-0.4, -0.2) is 0 Å². The standard InChI is InChI=1S/C44H50/c1-9-13-30(6)42-31(7)24-41-28-40(32(8)43(41)44(42)39-23-22-36(10-2)37(11-3)27-39)26-35-15-12-14-34(25-35)17-16-33-18-20-38(21-19-33)29(4)5/h12,14-15,18-27,43-44H,4,6,8-11,13,16-17,28H2,1-3,5,7H3. The molecule has 0 N–H and O–H groups in total. The Bertz CT molecular complexity index is 1660. The molecule has 3 aromatic rings. The summed E-state index contributed by atoms with van der Waals surface area (Å²) in [7, 11) is 0. The van der Waals surface area contributed by atoms with E-state index in [1.165, 1.54) is 72.4 Å². The first-order valence-electron chi connectivity index (χ1n) is 16.7. The van der Waals surface area contributed by atoms with E-state index >= 15 is 0 Å². The molecule has 3 aromatic carbocycles. The first kappa shape index (κ1) is 31.5. The van der Waals surface area contributed by atoms with E-state index in [1.54, 1.807) is 0 Å². The van der Waals surface area contributed by atoms with Gasteiger partial charge in [0.2, 0.25) is 0 Å². The molecule has 0 radical (unpaired) electrons. The second-order valence-electron chi connectivity index (χ2n) is 13.0. The number of hydrogen-bond donors (Lipinski definition) is 0. The van der Waals surface area contributed by atoms with Gasteiger partial charge < -0.3 is 0 Å². The first-order valence-corrected chi connectivity index (χ1v) is 16.7. The Hall–Kier alpha value is -3.90. The molecular weight excluding hydrogens is 528 g/mol. The third-order valence-electron chi connectivity index (χ3n) is 9.78. The average molecular weight is 579 g/mol. The summed E-state index contributed by atoms with van der Waals surface area (Å²) in [5, 5.41) is 0. The lowest BCUT2D eigenvalue weighted by atomic mass is 9.68. The number of benzene rings is 3. The number of fused-ring (bicyclic) bond motifs is 1. The molecular formula is C44H50. The molecule has 0 heteroatoms. The summed E-state index contributed by atoms with van der Waals surface area (Å²) in [6.45, 7) is 24.6. The Morgan fingerprint density at radius 1 is 0.841 bits per heavy atom. The smallest absolute Gasteiger partial charge is 0.0201 e. The minimum absolute atomic E-state index is 0.270. The monoisotopic (exact) mass is 578 g/mol. The maximum Gasteiger partial charge on any atom is 0.0201 e. The van der Waals surface area contributed by atoms with Gasteiger partial charge in [-0.3, -0.25) is 0 Å². The van der Waals surface area contributed by atoms with E-state index in [9.17, 15) is 0 Å². The van der Waals surface area contributed by atoms with Crippen molar-refractivity contribution in [2.24, 2.45) is 5.92 Å². The Labute approximate surface area is 267 Å². The molecule has 44 heavy (non-hydrogen) atoms. The molecule has 0 saturated heterocycles. The van der Waals surface area contributed by atoms with Gasteiger partial charge in [-0.25, -0.2) is 0 Å². The van der Waals surface area contributed by atoms with Crippen LogP contribution in [0.1, 0.15) is 98.7 Å². The highest BCUT2D eigenvalue weighted by Crippen LogP contribution is 2.55. The SMILES string of the molecule is C=C(CCC)C1=C(C)C=C2CC(=Cc3cccc(CCc4ccc(C(=C)C)cc4)c3)C(=C)C2C1c1ccc(CC)c(CC)c1. The lowest BCUT2D eigenvalue weighted by molar-refractivity contribution is 0.618. The van der Waals surface area contributed by atoms with E-state index in [-0.39, 0.29) is 11.8 Å². The average Bonchev–Trinajstić information content (AvgIpc) is 3.33. The number of rotatable bonds is 11. The van der Waals surface area contributed by atoms with Crippen molar-refractivity contribution in [3.05, 3.63) is 165 Å². The number of allylic oxidation sites excluding steroid dienone is 8. The summed E-state index contributed by atoms with van der Waals surface area (Å²) in [5.41, 5.74) is 19.0. The molecule has 2 aliphatic rings. The molecule has 1 saturated carbocycles. The van der Waals surface area contributed by atoms with Crippen LogP contribution in [0.3, 0.4) is 0 Å². The third kappa shape index (κ3) is 6.61. The molecule has 2 atom stereocenters. The minimum atomic E-state index is 0.270. The molecule has 1 fully saturated rings. The van der Waals surface area contributed by atoms with Gasteiger partial charge in [0.05, 0.1) is 0 Å². The zero-order chi connectivity index (χ0) is 31.4. The normalized spacial score (nSPS) is 18.9. The van der Waals surface area contributed by atoms with E-state index < -0.39 is 0 Å². The maximum atomic E-state index is 4.78. The van der Waals surface area contributed by atoms with Gasteiger partial charge in [-0.1, -0.05) is 143 Å². The Morgan fingerprint density at radius 3 is 2.25 bits per heavy atom. The van der Waals surface area contributed by atoms with Crippen LogP contribution in [0.15, 0.2) is 126 Å². The maximum absolute atomic E-state index is 4.78. The highest BCUT2D eigenvalue weighted by molar-refractivity contribution is 5.68. The summed E-state index contributed by atoms with van der Waals surface area (Å²) in [6, 6.07) is 25.2. The van der Waals surface area contributed by atoms with Crippen LogP contribution < -0.4 is 0 Å². The minimum Gasteiger partial charge on any atom is -0.0955 e. The first-order chi connectivity index (χ1) is 21.2. The van der Waals surface area contributed by atoms with Gasteiger partial charge in [0, 0.05) is 11.8 Å². The summed E-state index contributed by atoms with van der Waals surface area (Å²) in [4.78, 5) is 0. The van der Waals surface area contributed by atoms with Crippen LogP contribution in [-0.2, 0) is 25.7 Å². The van der Waals surface area contributed by atoms with Crippen molar-refractivity contribution in [2.75, 3.05) is 0 Å². The second kappa shape index (κ2) is 13.8. The van der Waals surface area contributed by atoms with Gasteiger partial charge in [-0.2, -0.15) is 0 Å². The fraction of sp³-hybridized carbons (Fsp3) is 0.318. The van der Waals surface area contributed by atoms with E-state index in [2.05, 4.69) is 127 Å². The van der Waals surface area contributed by atoms with Crippen LogP contribution in [0.2, 0.25) is 0 Å². The lowest BCUT2D eigenvalue weighted by Gasteiger charge is -2.35. The quantitative estimate of drug-likeness (QED) is 0.212. The molecule has 0 aliphatic heterocycles. The number of aryl methyl sites for hydroxylation is 4. The van der Waals surface area contributed by atoms with Crippen molar-refractivity contribution < 1.29 is 0 Å². The van der Waals surface area contributed by atoms with Crippen molar-refractivity contribution in [3.63, 3.8) is 0 Å². The van der Waals surface area contributed by atoms with Gasteiger partial charge in [0.1, 0.15) is 0 Å². The third-order valence-corrected chi connectivity index (χ3v) is 9.78. The molecule has 0 heterocycles. The molecule has 2 unspecified atom stereocenters. The van der Waals surface area contributed by atoms with Crippen molar-refractivity contribution >= 4 is 11.6 Å². The summed E-state index contributed by atoms with van der Waals surface area (Å²) >= 11 is 0. The zero-order valence-electron chi connectivity index (χ0n) is 27.7. The predicted molar refractivity (Wildman–Crippen MR) is 193 cm³/mol. The van der Waals surface area contributed by atoms with E-state index in [1.807, 2.05) is 0 Å². The van der Waals surface area contributed by atoms with E-state index in [0.717, 1.165) is 50.5 Å². The van der Waals surface area contributed by atoms with Crippen LogP contribution in [0.5, 0.6) is 0 Å². The van der Waals surface area contributed by atoms with Crippen molar-refractivity contribution in [3.8, 4) is 0 Å². The molecule has 2 aliphatic carbocycles. The van der Waals surface area contributed by atoms with Gasteiger partial charge in [-0.05, 0) is 114 Å². The molecule has 0 amide bonds.